The summed E-state index contributed by atoms with van der Waals surface area (Å²) < 4.78 is 0. The van der Waals surface area contributed by atoms with E-state index in [0.717, 1.165) is 22.1 Å². The minimum absolute atomic E-state index is 0.630. The summed E-state index contributed by atoms with van der Waals surface area (Å²) in [5.41, 5.74) is 3.03. The lowest BCUT2D eigenvalue weighted by molar-refractivity contribution is 0.715. The molecule has 4 nitrogen and oxygen atoms in total. The topological polar surface area (TPSA) is 43.6 Å². The predicted octanol–water partition coefficient (Wildman–Crippen LogP) is 3.22. The van der Waals surface area contributed by atoms with Crippen LogP contribution in [0.5, 0.6) is 0 Å². The lowest BCUT2D eigenvalue weighted by Crippen LogP contribution is -2.02. The number of halogens is 1. The number of para-hydroxylation sites is 1. The number of aromatic nitrogens is 4. The Bertz CT molecular complexity index is 679. The summed E-state index contributed by atoms with van der Waals surface area (Å²) in [5.74, 6) is 0.630. The number of benzene rings is 2. The van der Waals surface area contributed by atoms with Gasteiger partial charge in [0.1, 0.15) is 0 Å². The van der Waals surface area contributed by atoms with Crippen molar-refractivity contribution in [3.63, 3.8) is 0 Å². The number of tetrazole rings is 1. The predicted molar refractivity (Wildman–Crippen MR) is 77.2 cm³/mol. The molecule has 1 heterocycles. The highest BCUT2D eigenvalue weighted by molar-refractivity contribution is 9.08. The maximum absolute atomic E-state index is 4.43. The average molecular weight is 315 g/mol. The van der Waals surface area contributed by atoms with Crippen LogP contribution in [-0.4, -0.2) is 20.2 Å². The molecule has 0 aliphatic heterocycles. The summed E-state index contributed by atoms with van der Waals surface area (Å²) in [4.78, 5) is 1.57. The van der Waals surface area contributed by atoms with Gasteiger partial charge >= 0.3 is 0 Å². The molecular formula is C14H11BrN4. The normalized spacial score (nSPS) is 10.6. The molecule has 0 aliphatic carbocycles. The van der Waals surface area contributed by atoms with Crippen molar-refractivity contribution in [2.45, 2.75) is 5.33 Å². The molecule has 0 spiro atoms. The van der Waals surface area contributed by atoms with Gasteiger partial charge in [0.25, 0.3) is 0 Å². The summed E-state index contributed by atoms with van der Waals surface area (Å²) in [6, 6.07) is 17.8. The third-order valence-corrected chi connectivity index (χ3v) is 3.40. The maximum Gasteiger partial charge on any atom is 0.205 e. The van der Waals surface area contributed by atoms with Crippen LogP contribution < -0.4 is 0 Å². The molecule has 0 saturated heterocycles. The van der Waals surface area contributed by atoms with Crippen molar-refractivity contribution in [3.05, 3.63) is 60.2 Å². The molecule has 0 amide bonds. The van der Waals surface area contributed by atoms with Crippen LogP contribution in [0.1, 0.15) is 5.56 Å². The fourth-order valence-corrected chi connectivity index (χ4v) is 2.31. The van der Waals surface area contributed by atoms with E-state index in [2.05, 4.69) is 31.3 Å². The van der Waals surface area contributed by atoms with Gasteiger partial charge in [-0.2, -0.15) is 0 Å². The molecule has 19 heavy (non-hydrogen) atoms. The first-order valence-electron chi connectivity index (χ1n) is 5.88. The first-order chi connectivity index (χ1) is 9.38. The summed E-state index contributed by atoms with van der Waals surface area (Å²) in [6.07, 6.45) is 0. The van der Waals surface area contributed by atoms with Crippen LogP contribution in [0.15, 0.2) is 54.6 Å². The van der Waals surface area contributed by atoms with Crippen molar-refractivity contribution in [3.8, 4) is 17.1 Å². The Morgan fingerprint density at radius 1 is 0.947 bits per heavy atom. The van der Waals surface area contributed by atoms with E-state index < -0.39 is 0 Å². The number of nitrogens with zero attached hydrogens (tertiary/aromatic N) is 4. The van der Waals surface area contributed by atoms with Gasteiger partial charge in [0.05, 0.1) is 5.69 Å². The number of hydrogen-bond acceptors (Lipinski definition) is 3. The van der Waals surface area contributed by atoms with Gasteiger partial charge in [-0.1, -0.05) is 64.5 Å². The van der Waals surface area contributed by atoms with E-state index in [9.17, 15) is 0 Å². The molecule has 3 rings (SSSR count). The molecular weight excluding hydrogens is 304 g/mol. The molecule has 0 saturated carbocycles. The third-order valence-electron chi connectivity index (χ3n) is 2.80. The van der Waals surface area contributed by atoms with E-state index in [4.69, 9.17) is 0 Å². The molecule has 0 aliphatic rings. The second kappa shape index (κ2) is 5.32. The van der Waals surface area contributed by atoms with Crippen LogP contribution in [-0.2, 0) is 5.33 Å². The number of rotatable bonds is 3. The standard InChI is InChI=1S/C14H11BrN4/c15-10-12-8-4-5-9-13(12)19-17-14(16-18-19)11-6-2-1-3-7-11/h1-9H,10H2. The summed E-state index contributed by atoms with van der Waals surface area (Å²) in [7, 11) is 0. The lowest BCUT2D eigenvalue weighted by atomic mass is 10.2. The fourth-order valence-electron chi connectivity index (χ4n) is 1.84. The van der Waals surface area contributed by atoms with Gasteiger partial charge in [-0.25, -0.2) is 0 Å². The monoisotopic (exact) mass is 314 g/mol. The van der Waals surface area contributed by atoms with Crippen molar-refractivity contribution >= 4 is 15.9 Å². The molecule has 0 unspecified atom stereocenters. The van der Waals surface area contributed by atoms with Crippen LogP contribution in [0.2, 0.25) is 0 Å². The minimum Gasteiger partial charge on any atom is -0.130 e. The summed E-state index contributed by atoms with van der Waals surface area (Å²) in [6.45, 7) is 0. The van der Waals surface area contributed by atoms with Crippen molar-refractivity contribution in [1.82, 2.24) is 20.2 Å². The quantitative estimate of drug-likeness (QED) is 0.697. The van der Waals surface area contributed by atoms with Gasteiger partial charge in [-0.15, -0.1) is 15.0 Å². The second-order valence-electron chi connectivity index (χ2n) is 4.03. The van der Waals surface area contributed by atoms with Gasteiger partial charge in [0, 0.05) is 10.9 Å². The molecule has 2 aromatic carbocycles. The van der Waals surface area contributed by atoms with E-state index >= 15 is 0 Å². The highest BCUT2D eigenvalue weighted by Gasteiger charge is 2.09. The highest BCUT2D eigenvalue weighted by Crippen LogP contribution is 2.17. The van der Waals surface area contributed by atoms with Gasteiger partial charge in [0.15, 0.2) is 0 Å². The van der Waals surface area contributed by atoms with E-state index in [-0.39, 0.29) is 0 Å². The lowest BCUT2D eigenvalue weighted by Gasteiger charge is -2.03. The zero-order valence-electron chi connectivity index (χ0n) is 10.1. The molecule has 0 fully saturated rings. The number of alkyl halides is 1. The van der Waals surface area contributed by atoms with Crippen LogP contribution in [0.4, 0.5) is 0 Å². The second-order valence-corrected chi connectivity index (χ2v) is 4.59. The Labute approximate surface area is 119 Å². The largest absolute Gasteiger partial charge is 0.205 e. The van der Waals surface area contributed by atoms with E-state index in [1.165, 1.54) is 0 Å². The van der Waals surface area contributed by atoms with Crippen LogP contribution in [0, 0.1) is 0 Å². The first-order valence-corrected chi connectivity index (χ1v) is 7.00. The molecule has 0 atom stereocenters. The SMILES string of the molecule is BrCc1ccccc1-n1nnc(-c2ccccc2)n1. The summed E-state index contributed by atoms with van der Waals surface area (Å²) in [5, 5.41) is 13.4. The average Bonchev–Trinajstić information content (AvgIpc) is 2.98. The smallest absolute Gasteiger partial charge is 0.130 e. The Kier molecular flexibility index (Phi) is 3.37. The molecule has 0 N–H and O–H groups in total. The van der Waals surface area contributed by atoms with Crippen molar-refractivity contribution in [1.29, 1.82) is 0 Å². The van der Waals surface area contributed by atoms with Gasteiger partial charge in [-0.3, -0.25) is 0 Å². The first kappa shape index (κ1) is 12.0. The van der Waals surface area contributed by atoms with E-state index in [1.54, 1.807) is 4.80 Å². The summed E-state index contributed by atoms with van der Waals surface area (Å²) >= 11 is 3.47. The van der Waals surface area contributed by atoms with Crippen LogP contribution in [0.25, 0.3) is 17.1 Å². The zero-order chi connectivity index (χ0) is 13.1. The number of hydrogen-bond donors (Lipinski definition) is 0. The van der Waals surface area contributed by atoms with Gasteiger partial charge in [-0.05, 0) is 16.8 Å². The maximum atomic E-state index is 4.43. The van der Waals surface area contributed by atoms with E-state index in [1.807, 2.05) is 54.6 Å². The molecule has 3 aromatic rings. The van der Waals surface area contributed by atoms with Gasteiger partial charge in [0.2, 0.25) is 5.82 Å². The Morgan fingerprint density at radius 2 is 1.68 bits per heavy atom. The minimum atomic E-state index is 0.630. The van der Waals surface area contributed by atoms with Crippen molar-refractivity contribution in [2.75, 3.05) is 0 Å². The van der Waals surface area contributed by atoms with Gasteiger partial charge < -0.3 is 0 Å². The molecule has 5 heteroatoms. The Hall–Kier alpha value is -2.01. The highest BCUT2D eigenvalue weighted by atomic mass is 79.9. The zero-order valence-corrected chi connectivity index (χ0v) is 11.7. The van der Waals surface area contributed by atoms with Crippen LogP contribution in [0.3, 0.4) is 0 Å². The molecule has 0 radical (unpaired) electrons. The van der Waals surface area contributed by atoms with Crippen molar-refractivity contribution in [2.24, 2.45) is 0 Å². The Morgan fingerprint density at radius 3 is 2.47 bits per heavy atom. The molecule has 1 aromatic heterocycles. The third kappa shape index (κ3) is 2.42. The van der Waals surface area contributed by atoms with Crippen LogP contribution >= 0.6 is 15.9 Å². The van der Waals surface area contributed by atoms with Crippen molar-refractivity contribution < 1.29 is 0 Å². The fraction of sp³-hybridized carbons (Fsp3) is 0.0714. The van der Waals surface area contributed by atoms with E-state index in [0.29, 0.717) is 5.82 Å². The molecule has 0 bridgehead atoms. The molecule has 94 valence electrons. The Balaban J connectivity index is 2.02.